The van der Waals surface area contributed by atoms with Gasteiger partial charge in [0.05, 0.1) is 5.56 Å². The number of fused-ring (bicyclic) bond motifs is 3. The van der Waals surface area contributed by atoms with Crippen LogP contribution in [0.2, 0.25) is 0 Å². The van der Waals surface area contributed by atoms with Crippen molar-refractivity contribution in [2.24, 2.45) is 0 Å². The summed E-state index contributed by atoms with van der Waals surface area (Å²) in [5, 5.41) is 2.12. The first-order valence-electron chi connectivity index (χ1n) is 9.61. The highest BCUT2D eigenvalue weighted by atomic mass is 19.4. The zero-order valence-electron chi connectivity index (χ0n) is 15.9. The molecule has 0 saturated carbocycles. The van der Waals surface area contributed by atoms with Gasteiger partial charge < -0.3 is 4.74 Å². The van der Waals surface area contributed by atoms with E-state index in [-0.39, 0.29) is 0 Å². The Balaban J connectivity index is 1.73. The van der Waals surface area contributed by atoms with E-state index in [1.54, 1.807) is 6.07 Å². The highest BCUT2D eigenvalue weighted by molar-refractivity contribution is 5.94. The highest BCUT2D eigenvalue weighted by Gasteiger charge is 2.39. The number of hydrogen-bond donors (Lipinski definition) is 0. The van der Waals surface area contributed by atoms with Crippen molar-refractivity contribution in [3.05, 3.63) is 119 Å². The molecule has 0 amide bonds. The van der Waals surface area contributed by atoms with Crippen molar-refractivity contribution < 1.29 is 17.9 Å². The third-order valence-corrected chi connectivity index (χ3v) is 5.51. The fraction of sp³-hybridized carbons (Fsp3) is 0.0769. The Morgan fingerprint density at radius 3 is 2.23 bits per heavy atom. The molecule has 0 radical (unpaired) electrons. The molecule has 0 N–H and O–H groups in total. The fourth-order valence-corrected chi connectivity index (χ4v) is 4.03. The van der Waals surface area contributed by atoms with Gasteiger partial charge in [-0.1, -0.05) is 72.8 Å². The normalized spacial score (nSPS) is 18.1. The zero-order valence-corrected chi connectivity index (χ0v) is 15.9. The van der Waals surface area contributed by atoms with Gasteiger partial charge in [0.2, 0.25) is 0 Å². The summed E-state index contributed by atoms with van der Waals surface area (Å²) in [5.41, 5.74) is 0.263. The lowest BCUT2D eigenvalue weighted by atomic mass is 9.82. The Morgan fingerprint density at radius 1 is 0.700 bits per heavy atom. The molecule has 0 bridgehead atoms. The second kappa shape index (κ2) is 6.77. The number of ether oxygens (including phenoxy) is 1. The van der Waals surface area contributed by atoms with E-state index in [0.717, 1.165) is 28.0 Å². The standard InChI is InChI=1S/C26H17F3O/c27-26(28,29)21-11-6-10-20(17-21)25(19-8-2-1-3-9-19)16-15-23-22-12-5-4-7-18(22)13-14-24(23)30-25/h1-17H. The highest BCUT2D eigenvalue weighted by Crippen LogP contribution is 2.45. The maximum Gasteiger partial charge on any atom is 0.416 e. The van der Waals surface area contributed by atoms with Crippen molar-refractivity contribution >= 4 is 16.8 Å². The van der Waals surface area contributed by atoms with Crippen molar-refractivity contribution in [1.82, 2.24) is 0 Å². The van der Waals surface area contributed by atoms with Crippen LogP contribution in [0.1, 0.15) is 22.3 Å². The van der Waals surface area contributed by atoms with Crippen molar-refractivity contribution in [2.75, 3.05) is 0 Å². The van der Waals surface area contributed by atoms with Crippen molar-refractivity contribution in [1.29, 1.82) is 0 Å². The molecule has 4 aromatic rings. The van der Waals surface area contributed by atoms with Crippen LogP contribution in [-0.4, -0.2) is 0 Å². The van der Waals surface area contributed by atoms with Gasteiger partial charge in [-0.15, -0.1) is 0 Å². The van der Waals surface area contributed by atoms with Gasteiger partial charge in [0.15, 0.2) is 5.60 Å². The summed E-state index contributed by atoms with van der Waals surface area (Å²) in [6.07, 6.45) is -0.624. The topological polar surface area (TPSA) is 9.23 Å². The second-order valence-corrected chi connectivity index (χ2v) is 7.31. The van der Waals surface area contributed by atoms with Gasteiger partial charge in [-0.3, -0.25) is 0 Å². The Hall–Kier alpha value is -3.53. The molecule has 1 unspecified atom stereocenters. The molecule has 5 rings (SSSR count). The lowest BCUT2D eigenvalue weighted by molar-refractivity contribution is -0.137. The molecule has 1 atom stereocenters. The minimum absolute atomic E-state index is 0.429. The number of benzene rings is 4. The van der Waals surface area contributed by atoms with Crippen LogP contribution in [0.15, 0.2) is 97.1 Å². The molecule has 1 nitrogen and oxygen atoms in total. The molecule has 1 aliphatic rings. The Kier molecular flexibility index (Phi) is 4.17. The second-order valence-electron chi connectivity index (χ2n) is 7.31. The van der Waals surface area contributed by atoms with E-state index in [4.69, 9.17) is 4.74 Å². The molecule has 4 aromatic carbocycles. The maximum atomic E-state index is 13.4. The third kappa shape index (κ3) is 2.96. The summed E-state index contributed by atoms with van der Waals surface area (Å²) < 4.78 is 46.8. The van der Waals surface area contributed by atoms with Crippen LogP contribution in [0.4, 0.5) is 13.2 Å². The first kappa shape index (κ1) is 18.5. The summed E-state index contributed by atoms with van der Waals surface area (Å²) in [6, 6.07) is 26.5. The Bertz CT molecular complexity index is 1260. The van der Waals surface area contributed by atoms with Crippen molar-refractivity contribution in [3.63, 3.8) is 0 Å². The molecular formula is C26H17F3O. The molecule has 1 aliphatic heterocycles. The maximum absolute atomic E-state index is 13.4. The molecule has 30 heavy (non-hydrogen) atoms. The van der Waals surface area contributed by atoms with Gasteiger partial charge >= 0.3 is 6.18 Å². The van der Waals surface area contributed by atoms with E-state index in [9.17, 15) is 13.2 Å². The quantitative estimate of drug-likeness (QED) is 0.344. The number of alkyl halides is 3. The van der Waals surface area contributed by atoms with Crippen LogP contribution in [0, 0.1) is 0 Å². The largest absolute Gasteiger partial charge is 0.473 e. The van der Waals surface area contributed by atoms with E-state index in [2.05, 4.69) is 0 Å². The monoisotopic (exact) mass is 402 g/mol. The van der Waals surface area contributed by atoms with Gasteiger partial charge in [0, 0.05) is 16.7 Å². The average molecular weight is 402 g/mol. The zero-order chi connectivity index (χ0) is 20.8. The molecular weight excluding hydrogens is 385 g/mol. The summed E-state index contributed by atoms with van der Waals surface area (Å²) in [6.45, 7) is 0. The number of hydrogen-bond acceptors (Lipinski definition) is 1. The molecule has 1 heterocycles. The van der Waals surface area contributed by atoms with Gasteiger partial charge in [0.1, 0.15) is 5.75 Å². The van der Waals surface area contributed by atoms with Gasteiger partial charge in [0.25, 0.3) is 0 Å². The molecule has 0 saturated heterocycles. The average Bonchev–Trinajstić information content (AvgIpc) is 2.78. The van der Waals surface area contributed by atoms with Crippen LogP contribution in [-0.2, 0) is 11.8 Å². The van der Waals surface area contributed by atoms with Crippen LogP contribution < -0.4 is 4.74 Å². The van der Waals surface area contributed by atoms with Crippen LogP contribution in [0.5, 0.6) is 5.75 Å². The van der Waals surface area contributed by atoms with E-state index in [0.29, 0.717) is 11.3 Å². The molecule has 148 valence electrons. The summed E-state index contributed by atoms with van der Waals surface area (Å²) in [7, 11) is 0. The van der Waals surface area contributed by atoms with Gasteiger partial charge in [-0.25, -0.2) is 0 Å². The van der Waals surface area contributed by atoms with E-state index < -0.39 is 17.3 Å². The number of halogens is 3. The molecule has 0 spiro atoms. The van der Waals surface area contributed by atoms with Crippen LogP contribution >= 0.6 is 0 Å². The molecule has 0 fully saturated rings. The minimum Gasteiger partial charge on any atom is -0.473 e. The van der Waals surface area contributed by atoms with Crippen LogP contribution in [0.3, 0.4) is 0 Å². The SMILES string of the molecule is FC(F)(F)c1cccc(C2(c3ccccc3)C=Cc3c(ccc4ccccc34)O2)c1. The predicted octanol–water partition coefficient (Wildman–Crippen LogP) is 7.21. The number of rotatable bonds is 2. The van der Waals surface area contributed by atoms with Crippen LogP contribution in [0.25, 0.3) is 16.8 Å². The smallest absolute Gasteiger partial charge is 0.416 e. The first-order valence-corrected chi connectivity index (χ1v) is 9.61. The lowest BCUT2D eigenvalue weighted by Crippen LogP contribution is -2.34. The summed E-state index contributed by atoms with van der Waals surface area (Å²) >= 11 is 0. The summed E-state index contributed by atoms with van der Waals surface area (Å²) in [4.78, 5) is 0. The minimum atomic E-state index is -4.43. The molecule has 0 aromatic heterocycles. The van der Waals surface area contributed by atoms with Crippen molar-refractivity contribution in [3.8, 4) is 5.75 Å². The Labute approximate surface area is 172 Å². The molecule has 4 heteroatoms. The Morgan fingerprint density at radius 2 is 1.43 bits per heavy atom. The first-order chi connectivity index (χ1) is 14.5. The van der Waals surface area contributed by atoms with E-state index in [1.807, 2.05) is 78.9 Å². The third-order valence-electron chi connectivity index (χ3n) is 5.51. The predicted molar refractivity (Wildman–Crippen MR) is 112 cm³/mol. The fourth-order valence-electron chi connectivity index (χ4n) is 4.03. The van der Waals surface area contributed by atoms with Gasteiger partial charge in [-0.05, 0) is 41.1 Å². The molecule has 0 aliphatic carbocycles. The van der Waals surface area contributed by atoms with E-state index >= 15 is 0 Å². The van der Waals surface area contributed by atoms with E-state index in [1.165, 1.54) is 12.1 Å². The van der Waals surface area contributed by atoms with Crippen molar-refractivity contribution in [2.45, 2.75) is 11.8 Å². The van der Waals surface area contributed by atoms with Gasteiger partial charge in [-0.2, -0.15) is 13.2 Å². The summed E-state index contributed by atoms with van der Waals surface area (Å²) in [5.74, 6) is 0.637. The lowest BCUT2D eigenvalue weighted by Gasteiger charge is -2.36.